The second-order valence-corrected chi connectivity index (χ2v) is 2.76. The van der Waals surface area contributed by atoms with Gasteiger partial charge in [-0.25, -0.2) is 0 Å². The summed E-state index contributed by atoms with van der Waals surface area (Å²) in [4.78, 5) is 3.92. The average molecular weight is 178 g/mol. The van der Waals surface area contributed by atoms with Gasteiger partial charge in [0.1, 0.15) is 0 Å². The van der Waals surface area contributed by atoms with E-state index in [0.717, 1.165) is 11.1 Å². The number of nitrogens with zero attached hydrogens (tertiary/aromatic N) is 1. The van der Waals surface area contributed by atoms with Crippen molar-refractivity contribution in [2.75, 3.05) is 0 Å². The van der Waals surface area contributed by atoms with Crippen molar-refractivity contribution in [2.45, 2.75) is 0 Å². The summed E-state index contributed by atoms with van der Waals surface area (Å²) >= 11 is 0. The van der Waals surface area contributed by atoms with E-state index in [4.69, 9.17) is 0 Å². The van der Waals surface area contributed by atoms with Crippen molar-refractivity contribution in [1.82, 2.24) is 4.98 Å². The molecule has 0 atom stereocenters. The van der Waals surface area contributed by atoms with Crippen molar-refractivity contribution in [3.05, 3.63) is 66.0 Å². The molecule has 2 rings (SSSR count). The summed E-state index contributed by atoms with van der Waals surface area (Å²) in [5, 5.41) is 0. The largest absolute Gasteiger partial charge is 0.265 e. The predicted octanol–water partition coefficient (Wildman–Crippen LogP) is 2.28. The summed E-state index contributed by atoms with van der Waals surface area (Å²) in [5.74, 6) is 6.07. The molecule has 0 aliphatic carbocycles. The van der Waals surface area contributed by atoms with E-state index in [1.807, 2.05) is 36.4 Å². The van der Waals surface area contributed by atoms with Crippen LogP contribution < -0.4 is 0 Å². The Balaban J connectivity index is 2.24. The smallest absolute Gasteiger partial charge is 0.0327 e. The third-order valence-electron chi connectivity index (χ3n) is 1.73. The Hall–Kier alpha value is -2.07. The lowest BCUT2D eigenvalue weighted by Gasteiger charge is -1.87. The molecule has 1 aromatic carbocycles. The summed E-state index contributed by atoms with van der Waals surface area (Å²) < 4.78 is 0. The van der Waals surface area contributed by atoms with E-state index in [1.165, 1.54) is 0 Å². The Morgan fingerprint density at radius 3 is 2.57 bits per heavy atom. The van der Waals surface area contributed by atoms with Crippen LogP contribution in [0.15, 0.2) is 48.8 Å². The second-order valence-electron chi connectivity index (χ2n) is 2.76. The Morgan fingerprint density at radius 2 is 1.86 bits per heavy atom. The van der Waals surface area contributed by atoms with Crippen molar-refractivity contribution >= 4 is 0 Å². The van der Waals surface area contributed by atoms with E-state index in [-0.39, 0.29) is 0 Å². The molecular formula is C13H8N. The Bertz CT molecular complexity index is 405. The number of hydrogen-bond acceptors (Lipinski definition) is 1. The van der Waals surface area contributed by atoms with Gasteiger partial charge in [-0.1, -0.05) is 30.0 Å². The second kappa shape index (κ2) is 4.25. The van der Waals surface area contributed by atoms with Crippen molar-refractivity contribution in [3.8, 4) is 11.8 Å². The molecule has 0 bridgehead atoms. The topological polar surface area (TPSA) is 12.9 Å². The van der Waals surface area contributed by atoms with Gasteiger partial charge >= 0.3 is 0 Å². The molecule has 14 heavy (non-hydrogen) atoms. The lowest BCUT2D eigenvalue weighted by Crippen LogP contribution is -1.75. The van der Waals surface area contributed by atoms with Gasteiger partial charge in [0.15, 0.2) is 0 Å². The average Bonchev–Trinajstić information content (AvgIpc) is 2.29. The zero-order valence-electron chi connectivity index (χ0n) is 7.57. The van der Waals surface area contributed by atoms with Crippen molar-refractivity contribution in [1.29, 1.82) is 0 Å². The van der Waals surface area contributed by atoms with Gasteiger partial charge in [-0.05, 0) is 24.3 Å². The van der Waals surface area contributed by atoms with Crippen molar-refractivity contribution < 1.29 is 0 Å². The summed E-state index contributed by atoms with van der Waals surface area (Å²) in [6, 6.07) is 14.5. The van der Waals surface area contributed by atoms with E-state index >= 15 is 0 Å². The SMILES string of the molecule is C(#Cc1ccncc1)c1[c]cccc1. The maximum absolute atomic E-state index is 3.92. The quantitative estimate of drug-likeness (QED) is 0.564. The van der Waals surface area contributed by atoms with Crippen LogP contribution >= 0.6 is 0 Å². The van der Waals surface area contributed by atoms with Gasteiger partial charge in [-0.15, -0.1) is 0 Å². The molecule has 0 N–H and O–H groups in total. The number of benzene rings is 1. The minimum absolute atomic E-state index is 0.907. The molecule has 1 nitrogen and oxygen atoms in total. The molecule has 1 heteroatoms. The van der Waals surface area contributed by atoms with Crippen LogP contribution in [0.1, 0.15) is 11.1 Å². The fraction of sp³-hybridized carbons (Fsp3) is 0. The summed E-state index contributed by atoms with van der Waals surface area (Å²) in [6.07, 6.45) is 3.47. The number of pyridine rings is 1. The van der Waals surface area contributed by atoms with Crippen molar-refractivity contribution in [3.63, 3.8) is 0 Å². The highest BCUT2D eigenvalue weighted by atomic mass is 14.6. The van der Waals surface area contributed by atoms with Gasteiger partial charge in [0.05, 0.1) is 0 Å². The number of hydrogen-bond donors (Lipinski definition) is 0. The lowest BCUT2D eigenvalue weighted by molar-refractivity contribution is 1.32. The fourth-order valence-electron chi connectivity index (χ4n) is 1.05. The molecule has 0 spiro atoms. The molecule has 2 aromatic rings. The molecule has 0 saturated heterocycles. The highest BCUT2D eigenvalue weighted by molar-refractivity contribution is 5.41. The van der Waals surface area contributed by atoms with Crippen LogP contribution in [-0.4, -0.2) is 4.98 Å². The molecule has 0 unspecified atom stereocenters. The molecule has 0 amide bonds. The summed E-state index contributed by atoms with van der Waals surface area (Å²) in [5.41, 5.74) is 1.88. The third kappa shape index (κ3) is 2.21. The molecule has 0 aliphatic heterocycles. The van der Waals surface area contributed by atoms with Gasteiger partial charge in [0.2, 0.25) is 0 Å². The fourth-order valence-corrected chi connectivity index (χ4v) is 1.05. The first-order chi connectivity index (χ1) is 6.95. The normalized spacial score (nSPS) is 8.86. The first-order valence-electron chi connectivity index (χ1n) is 4.34. The minimum atomic E-state index is 0.907. The molecule has 0 fully saturated rings. The maximum Gasteiger partial charge on any atom is 0.0327 e. The van der Waals surface area contributed by atoms with Gasteiger partial charge in [-0.3, -0.25) is 4.98 Å². The Kier molecular flexibility index (Phi) is 2.59. The molecule has 1 radical (unpaired) electrons. The summed E-state index contributed by atoms with van der Waals surface area (Å²) in [6.45, 7) is 0. The number of aromatic nitrogens is 1. The highest BCUT2D eigenvalue weighted by Gasteiger charge is 1.84. The summed E-state index contributed by atoms with van der Waals surface area (Å²) in [7, 11) is 0. The van der Waals surface area contributed by atoms with Crippen LogP contribution in [0, 0.1) is 17.9 Å². The maximum atomic E-state index is 3.92. The third-order valence-corrected chi connectivity index (χ3v) is 1.73. The molecule has 1 heterocycles. The molecule has 0 aliphatic rings. The van der Waals surface area contributed by atoms with Crippen LogP contribution in [0.25, 0.3) is 0 Å². The van der Waals surface area contributed by atoms with E-state index in [0.29, 0.717) is 0 Å². The standard InChI is InChI=1S/C13H8N/c1-2-4-12(5-3-1)6-7-13-8-10-14-11-9-13/h1-4,8-11H. The van der Waals surface area contributed by atoms with Crippen LogP contribution in [0.2, 0.25) is 0 Å². The van der Waals surface area contributed by atoms with Gasteiger partial charge in [-0.2, -0.15) is 0 Å². The lowest BCUT2D eigenvalue weighted by atomic mass is 10.2. The van der Waals surface area contributed by atoms with Gasteiger partial charge in [0, 0.05) is 23.5 Å². The van der Waals surface area contributed by atoms with Crippen LogP contribution in [0.5, 0.6) is 0 Å². The molecule has 0 saturated carbocycles. The number of rotatable bonds is 0. The Labute approximate surface area is 83.4 Å². The van der Waals surface area contributed by atoms with Gasteiger partial charge in [0.25, 0.3) is 0 Å². The monoisotopic (exact) mass is 178 g/mol. The van der Waals surface area contributed by atoms with Crippen LogP contribution in [-0.2, 0) is 0 Å². The van der Waals surface area contributed by atoms with E-state index in [9.17, 15) is 0 Å². The Morgan fingerprint density at radius 1 is 1.00 bits per heavy atom. The first-order valence-corrected chi connectivity index (χ1v) is 4.34. The zero-order chi connectivity index (χ0) is 9.64. The minimum Gasteiger partial charge on any atom is -0.265 e. The van der Waals surface area contributed by atoms with E-state index in [1.54, 1.807) is 12.4 Å². The molecule has 1 aromatic heterocycles. The van der Waals surface area contributed by atoms with Crippen LogP contribution in [0.3, 0.4) is 0 Å². The van der Waals surface area contributed by atoms with Crippen LogP contribution in [0.4, 0.5) is 0 Å². The van der Waals surface area contributed by atoms with Crippen molar-refractivity contribution in [2.24, 2.45) is 0 Å². The molecule has 65 valence electrons. The van der Waals surface area contributed by atoms with E-state index < -0.39 is 0 Å². The van der Waals surface area contributed by atoms with E-state index in [2.05, 4.69) is 22.9 Å². The highest BCUT2D eigenvalue weighted by Crippen LogP contribution is 1.96. The first kappa shape index (κ1) is 8.52. The van der Waals surface area contributed by atoms with Gasteiger partial charge < -0.3 is 0 Å². The predicted molar refractivity (Wildman–Crippen MR) is 55.5 cm³/mol. The molecular weight excluding hydrogens is 170 g/mol. The zero-order valence-corrected chi connectivity index (χ0v) is 7.57.